The van der Waals surface area contributed by atoms with Crippen LogP contribution in [0.5, 0.6) is 0 Å². The first kappa shape index (κ1) is 17.3. The molecule has 1 amide bonds. The van der Waals surface area contributed by atoms with Crippen LogP contribution in [0.4, 0.5) is 5.69 Å². The molecule has 122 valence electrons. The Kier molecular flexibility index (Phi) is 6.02. The number of rotatable bonds is 4. The first-order valence-electron chi connectivity index (χ1n) is 7.60. The van der Waals surface area contributed by atoms with Crippen molar-refractivity contribution in [2.24, 2.45) is 0 Å². The van der Waals surface area contributed by atoms with Crippen molar-refractivity contribution >= 4 is 24.0 Å². The van der Waals surface area contributed by atoms with E-state index in [0.717, 1.165) is 47.3 Å². The average molecular weight is 333 g/mol. The highest BCUT2D eigenvalue weighted by Crippen LogP contribution is 2.25. The van der Waals surface area contributed by atoms with Gasteiger partial charge in [-0.15, -0.1) is 12.4 Å². The molecule has 1 aliphatic heterocycles. The largest absolute Gasteiger partial charge is 0.392 e. The van der Waals surface area contributed by atoms with Crippen molar-refractivity contribution in [3.8, 4) is 0 Å². The SMILES string of the molecule is Cl.O=C(NCc1cccc(CO)c1)c1cccc2c1CCCN2. The maximum atomic E-state index is 12.5. The number of benzene rings is 2. The number of amides is 1. The van der Waals surface area contributed by atoms with Crippen LogP contribution in [0.25, 0.3) is 0 Å². The number of halogens is 1. The smallest absolute Gasteiger partial charge is 0.251 e. The zero-order chi connectivity index (χ0) is 15.4. The van der Waals surface area contributed by atoms with Crippen molar-refractivity contribution in [1.29, 1.82) is 0 Å². The Bertz CT molecular complexity index is 688. The van der Waals surface area contributed by atoms with Crippen LogP contribution in [0, 0.1) is 0 Å². The van der Waals surface area contributed by atoms with Crippen LogP contribution in [0.15, 0.2) is 42.5 Å². The Labute approximate surface area is 142 Å². The summed E-state index contributed by atoms with van der Waals surface area (Å²) in [6.07, 6.45) is 1.99. The van der Waals surface area contributed by atoms with Gasteiger partial charge in [-0.1, -0.05) is 30.3 Å². The minimum atomic E-state index is -0.0463. The monoisotopic (exact) mass is 332 g/mol. The van der Waals surface area contributed by atoms with Gasteiger partial charge in [-0.25, -0.2) is 0 Å². The lowest BCUT2D eigenvalue weighted by atomic mass is 9.97. The van der Waals surface area contributed by atoms with Gasteiger partial charge < -0.3 is 15.7 Å². The summed E-state index contributed by atoms with van der Waals surface area (Å²) >= 11 is 0. The summed E-state index contributed by atoms with van der Waals surface area (Å²) in [7, 11) is 0. The molecule has 0 unspecified atom stereocenters. The molecule has 2 aromatic rings. The van der Waals surface area contributed by atoms with Gasteiger partial charge in [-0.2, -0.15) is 0 Å². The normalized spacial score (nSPS) is 12.6. The zero-order valence-electron chi connectivity index (χ0n) is 12.8. The number of hydrogen-bond acceptors (Lipinski definition) is 3. The van der Waals surface area contributed by atoms with Gasteiger partial charge in [0.05, 0.1) is 6.61 Å². The van der Waals surface area contributed by atoms with E-state index in [1.54, 1.807) is 0 Å². The van der Waals surface area contributed by atoms with E-state index in [2.05, 4.69) is 10.6 Å². The molecular formula is C18H21ClN2O2. The highest BCUT2D eigenvalue weighted by atomic mass is 35.5. The minimum Gasteiger partial charge on any atom is -0.392 e. The number of nitrogens with one attached hydrogen (secondary N) is 2. The van der Waals surface area contributed by atoms with Crippen molar-refractivity contribution in [2.75, 3.05) is 11.9 Å². The van der Waals surface area contributed by atoms with Gasteiger partial charge in [-0.3, -0.25) is 4.79 Å². The van der Waals surface area contributed by atoms with Crippen LogP contribution in [0.3, 0.4) is 0 Å². The Hall–Kier alpha value is -2.04. The minimum absolute atomic E-state index is 0. The van der Waals surface area contributed by atoms with E-state index in [1.165, 1.54) is 0 Å². The predicted molar refractivity (Wildman–Crippen MR) is 94.0 cm³/mol. The van der Waals surface area contributed by atoms with Crippen LogP contribution in [-0.4, -0.2) is 17.6 Å². The van der Waals surface area contributed by atoms with Crippen LogP contribution < -0.4 is 10.6 Å². The fourth-order valence-electron chi connectivity index (χ4n) is 2.84. The summed E-state index contributed by atoms with van der Waals surface area (Å²) in [6, 6.07) is 13.4. The van der Waals surface area contributed by atoms with Crippen LogP contribution in [-0.2, 0) is 19.6 Å². The lowest BCUT2D eigenvalue weighted by molar-refractivity contribution is 0.0950. The van der Waals surface area contributed by atoms with E-state index in [1.807, 2.05) is 42.5 Å². The molecule has 5 heteroatoms. The highest BCUT2D eigenvalue weighted by Gasteiger charge is 2.16. The van der Waals surface area contributed by atoms with Gasteiger partial charge in [0, 0.05) is 24.3 Å². The predicted octanol–water partition coefficient (Wildman–Crippen LogP) is 2.89. The van der Waals surface area contributed by atoms with Crippen LogP contribution in [0.2, 0.25) is 0 Å². The quantitative estimate of drug-likeness (QED) is 0.806. The number of carbonyl (C=O) groups excluding carboxylic acids is 1. The average Bonchev–Trinajstić information content (AvgIpc) is 2.59. The molecule has 0 fully saturated rings. The van der Waals surface area contributed by atoms with Crippen LogP contribution >= 0.6 is 12.4 Å². The number of hydrogen-bond donors (Lipinski definition) is 3. The second-order valence-electron chi connectivity index (χ2n) is 5.52. The molecule has 4 nitrogen and oxygen atoms in total. The van der Waals surface area contributed by atoms with Crippen molar-refractivity contribution in [1.82, 2.24) is 5.32 Å². The van der Waals surface area contributed by atoms with Crippen molar-refractivity contribution in [3.05, 3.63) is 64.7 Å². The maximum absolute atomic E-state index is 12.5. The highest BCUT2D eigenvalue weighted by molar-refractivity contribution is 5.97. The number of anilines is 1. The molecule has 23 heavy (non-hydrogen) atoms. The molecule has 3 N–H and O–H groups in total. The van der Waals surface area contributed by atoms with E-state index < -0.39 is 0 Å². The van der Waals surface area contributed by atoms with E-state index in [9.17, 15) is 4.79 Å². The van der Waals surface area contributed by atoms with Gasteiger partial charge in [-0.05, 0) is 41.7 Å². The zero-order valence-corrected chi connectivity index (χ0v) is 13.7. The number of carbonyl (C=O) groups is 1. The molecule has 1 heterocycles. The molecule has 0 saturated heterocycles. The Morgan fingerprint density at radius 1 is 1.17 bits per heavy atom. The van der Waals surface area contributed by atoms with Gasteiger partial charge in [0.25, 0.3) is 5.91 Å². The molecule has 0 bridgehead atoms. The molecule has 1 aliphatic rings. The summed E-state index contributed by atoms with van der Waals surface area (Å²) in [5.41, 5.74) is 4.77. The van der Waals surface area contributed by atoms with E-state index in [-0.39, 0.29) is 24.9 Å². The number of fused-ring (bicyclic) bond motifs is 1. The third-order valence-electron chi connectivity index (χ3n) is 3.97. The Balaban J connectivity index is 0.00000192. The molecule has 0 aliphatic carbocycles. The standard InChI is InChI=1S/C18H20N2O2.ClH/c21-12-14-5-1-4-13(10-14)11-20-18(22)16-6-2-8-17-15(16)7-3-9-19-17;/h1-2,4-6,8,10,19,21H,3,7,9,11-12H2,(H,20,22);1H. The summed E-state index contributed by atoms with van der Waals surface area (Å²) in [4.78, 5) is 12.5. The summed E-state index contributed by atoms with van der Waals surface area (Å²) in [5.74, 6) is -0.0463. The number of aliphatic hydroxyl groups is 1. The molecule has 0 spiro atoms. The Morgan fingerprint density at radius 3 is 2.78 bits per heavy atom. The molecule has 0 saturated carbocycles. The summed E-state index contributed by atoms with van der Waals surface area (Å²) < 4.78 is 0. The van der Waals surface area contributed by atoms with Crippen LogP contribution in [0.1, 0.15) is 33.5 Å². The van der Waals surface area contributed by atoms with E-state index in [0.29, 0.717) is 6.54 Å². The summed E-state index contributed by atoms with van der Waals surface area (Å²) in [5, 5.41) is 15.5. The van der Waals surface area contributed by atoms with Gasteiger partial charge in [0.2, 0.25) is 0 Å². The molecule has 0 radical (unpaired) electrons. The molecular weight excluding hydrogens is 312 g/mol. The second-order valence-corrected chi connectivity index (χ2v) is 5.52. The third-order valence-corrected chi connectivity index (χ3v) is 3.97. The Morgan fingerprint density at radius 2 is 1.96 bits per heavy atom. The maximum Gasteiger partial charge on any atom is 0.251 e. The van der Waals surface area contributed by atoms with Gasteiger partial charge in [0.15, 0.2) is 0 Å². The molecule has 3 rings (SSSR count). The van der Waals surface area contributed by atoms with Crippen molar-refractivity contribution in [2.45, 2.75) is 26.0 Å². The second kappa shape index (κ2) is 7.99. The topological polar surface area (TPSA) is 61.4 Å². The first-order valence-corrected chi connectivity index (χ1v) is 7.60. The first-order chi connectivity index (χ1) is 10.8. The third kappa shape index (κ3) is 4.03. The molecule has 2 aromatic carbocycles. The van der Waals surface area contributed by atoms with Crippen molar-refractivity contribution in [3.63, 3.8) is 0 Å². The van der Waals surface area contributed by atoms with Gasteiger partial charge in [0.1, 0.15) is 0 Å². The summed E-state index contributed by atoms with van der Waals surface area (Å²) in [6.45, 7) is 1.44. The van der Waals surface area contributed by atoms with Gasteiger partial charge >= 0.3 is 0 Å². The van der Waals surface area contributed by atoms with Crippen molar-refractivity contribution < 1.29 is 9.90 Å². The fourth-order valence-corrected chi connectivity index (χ4v) is 2.84. The lowest BCUT2D eigenvalue weighted by Crippen LogP contribution is -2.25. The molecule has 0 aromatic heterocycles. The number of aliphatic hydroxyl groups excluding tert-OH is 1. The molecule has 0 atom stereocenters. The lowest BCUT2D eigenvalue weighted by Gasteiger charge is -2.20. The van der Waals surface area contributed by atoms with E-state index >= 15 is 0 Å². The van der Waals surface area contributed by atoms with E-state index in [4.69, 9.17) is 5.11 Å². The fraction of sp³-hybridized carbons (Fsp3) is 0.278.